The van der Waals surface area contributed by atoms with Crippen LogP contribution < -0.4 is 11.0 Å². The maximum Gasteiger partial charge on any atom is 0.326 e. The fraction of sp³-hybridized carbons (Fsp3) is 0.318. The molecule has 1 aromatic heterocycles. The van der Waals surface area contributed by atoms with Gasteiger partial charge in [-0.3, -0.25) is 14.2 Å². The van der Waals surface area contributed by atoms with Crippen LogP contribution in [0.1, 0.15) is 60.5 Å². The van der Waals surface area contributed by atoms with Gasteiger partial charge in [-0.25, -0.2) is 4.79 Å². The predicted octanol–water partition coefficient (Wildman–Crippen LogP) is 3.89. The molecular formula is C22H23N3O4. The van der Waals surface area contributed by atoms with Gasteiger partial charge in [-0.2, -0.15) is 0 Å². The van der Waals surface area contributed by atoms with Gasteiger partial charge >= 0.3 is 11.7 Å². The molecule has 1 aliphatic carbocycles. The van der Waals surface area contributed by atoms with Crippen LogP contribution in [0, 0.1) is 0 Å². The lowest BCUT2D eigenvalue weighted by molar-refractivity contribution is -0.138. The first-order chi connectivity index (χ1) is 13.9. The number of amides is 1. The van der Waals surface area contributed by atoms with Gasteiger partial charge in [-0.15, -0.1) is 0 Å². The normalized spacial score (nSPS) is 15.5. The Balaban J connectivity index is 1.54. The van der Waals surface area contributed by atoms with Gasteiger partial charge in [-0.1, -0.05) is 25.0 Å². The van der Waals surface area contributed by atoms with Crippen molar-refractivity contribution in [2.24, 2.45) is 0 Å². The van der Waals surface area contributed by atoms with Crippen molar-refractivity contribution in [2.45, 2.75) is 44.6 Å². The molecule has 1 aliphatic rings. The van der Waals surface area contributed by atoms with Gasteiger partial charge in [0, 0.05) is 17.3 Å². The third-order valence-electron chi connectivity index (χ3n) is 5.71. The highest BCUT2D eigenvalue weighted by Crippen LogP contribution is 2.30. The van der Waals surface area contributed by atoms with Crippen molar-refractivity contribution in [3.63, 3.8) is 0 Å². The lowest BCUT2D eigenvalue weighted by atomic mass is 10.0. The molecule has 1 saturated carbocycles. The van der Waals surface area contributed by atoms with Crippen molar-refractivity contribution in [3.05, 3.63) is 64.1 Å². The topological polar surface area (TPSA) is 104 Å². The average Bonchev–Trinajstić information content (AvgIpc) is 3.33. The number of hydrogen-bond donors (Lipinski definition) is 3. The Hall–Kier alpha value is -3.35. The van der Waals surface area contributed by atoms with E-state index in [9.17, 15) is 14.4 Å². The van der Waals surface area contributed by atoms with Crippen LogP contribution in [0.15, 0.2) is 47.3 Å². The standard InChI is InChI=1S/C22H23N3O4/c1-13(21(27)28)14-6-9-16(10-7-14)23-20(26)15-8-11-19-18(12-15)24-22(29)25(19)17-4-2-3-5-17/h6-13,17H,2-5H2,1H3,(H,23,26)(H,24,29)(H,27,28). The molecule has 4 rings (SSSR count). The van der Waals surface area contributed by atoms with Crippen LogP contribution in [0.25, 0.3) is 11.0 Å². The molecule has 1 unspecified atom stereocenters. The summed E-state index contributed by atoms with van der Waals surface area (Å²) >= 11 is 0. The predicted molar refractivity (Wildman–Crippen MR) is 111 cm³/mol. The van der Waals surface area contributed by atoms with Gasteiger partial charge in [-0.05, 0) is 55.7 Å². The summed E-state index contributed by atoms with van der Waals surface area (Å²) in [5, 5.41) is 11.9. The van der Waals surface area contributed by atoms with Crippen LogP contribution in [0.4, 0.5) is 5.69 Å². The molecular weight excluding hydrogens is 370 g/mol. The number of rotatable bonds is 5. The van der Waals surface area contributed by atoms with Gasteiger partial charge in [0.2, 0.25) is 0 Å². The molecule has 1 amide bonds. The zero-order chi connectivity index (χ0) is 20.5. The first-order valence-electron chi connectivity index (χ1n) is 9.82. The van der Waals surface area contributed by atoms with Crippen molar-refractivity contribution in [1.82, 2.24) is 9.55 Å². The Morgan fingerprint density at radius 1 is 1.14 bits per heavy atom. The number of nitrogens with one attached hydrogen (secondary N) is 2. The van der Waals surface area contributed by atoms with Gasteiger partial charge in [0.25, 0.3) is 5.91 Å². The molecule has 150 valence electrons. The zero-order valence-corrected chi connectivity index (χ0v) is 16.1. The van der Waals surface area contributed by atoms with Crippen LogP contribution in [-0.4, -0.2) is 26.5 Å². The van der Waals surface area contributed by atoms with Gasteiger partial charge in [0.1, 0.15) is 0 Å². The monoisotopic (exact) mass is 393 g/mol. The van der Waals surface area contributed by atoms with E-state index in [0.29, 0.717) is 22.3 Å². The van der Waals surface area contributed by atoms with Crippen molar-refractivity contribution >= 4 is 28.6 Å². The van der Waals surface area contributed by atoms with E-state index < -0.39 is 11.9 Å². The number of fused-ring (bicyclic) bond motifs is 1. The third kappa shape index (κ3) is 3.68. The van der Waals surface area contributed by atoms with Crippen molar-refractivity contribution < 1.29 is 14.7 Å². The molecule has 0 aliphatic heterocycles. The van der Waals surface area contributed by atoms with E-state index in [4.69, 9.17) is 5.11 Å². The smallest absolute Gasteiger partial charge is 0.326 e. The largest absolute Gasteiger partial charge is 0.481 e. The third-order valence-corrected chi connectivity index (χ3v) is 5.71. The number of hydrogen-bond acceptors (Lipinski definition) is 3. The minimum Gasteiger partial charge on any atom is -0.481 e. The van der Waals surface area contributed by atoms with Crippen molar-refractivity contribution in [3.8, 4) is 0 Å². The molecule has 7 heteroatoms. The number of H-pyrrole nitrogens is 1. The van der Waals surface area contributed by atoms with Crippen LogP contribution >= 0.6 is 0 Å². The van der Waals surface area contributed by atoms with E-state index >= 15 is 0 Å². The minimum absolute atomic E-state index is 0.132. The second-order valence-electron chi connectivity index (χ2n) is 7.61. The Labute approximate surface area is 167 Å². The summed E-state index contributed by atoms with van der Waals surface area (Å²) in [5.41, 5.74) is 3.04. The Morgan fingerprint density at radius 2 is 1.83 bits per heavy atom. The second-order valence-corrected chi connectivity index (χ2v) is 7.61. The van der Waals surface area contributed by atoms with Gasteiger partial charge in [0.05, 0.1) is 17.0 Å². The fourth-order valence-corrected chi connectivity index (χ4v) is 4.00. The highest BCUT2D eigenvalue weighted by atomic mass is 16.4. The summed E-state index contributed by atoms with van der Waals surface area (Å²) in [6.45, 7) is 1.61. The number of aliphatic carboxylic acids is 1. The summed E-state index contributed by atoms with van der Waals surface area (Å²) in [4.78, 5) is 39.0. The van der Waals surface area contributed by atoms with Crippen molar-refractivity contribution in [2.75, 3.05) is 5.32 Å². The molecule has 0 bridgehead atoms. The zero-order valence-electron chi connectivity index (χ0n) is 16.1. The van der Waals surface area contributed by atoms with E-state index in [1.54, 1.807) is 43.3 Å². The SMILES string of the molecule is CC(C(=O)O)c1ccc(NC(=O)c2ccc3c(c2)[nH]c(=O)n3C2CCCC2)cc1. The number of nitrogens with zero attached hydrogens (tertiary/aromatic N) is 1. The van der Waals surface area contributed by atoms with E-state index in [0.717, 1.165) is 31.2 Å². The number of imidazole rings is 1. The average molecular weight is 393 g/mol. The number of carbonyl (C=O) groups excluding carboxylic acids is 1. The highest BCUT2D eigenvalue weighted by Gasteiger charge is 2.21. The molecule has 3 aromatic rings. The first-order valence-corrected chi connectivity index (χ1v) is 9.82. The molecule has 29 heavy (non-hydrogen) atoms. The van der Waals surface area contributed by atoms with E-state index in [2.05, 4.69) is 10.3 Å². The van der Waals surface area contributed by atoms with E-state index in [1.807, 2.05) is 10.6 Å². The molecule has 1 fully saturated rings. The van der Waals surface area contributed by atoms with E-state index in [1.165, 1.54) is 0 Å². The number of carboxylic acid groups (broad SMARTS) is 1. The summed E-state index contributed by atoms with van der Waals surface area (Å²) in [5.74, 6) is -1.79. The van der Waals surface area contributed by atoms with E-state index in [-0.39, 0.29) is 17.6 Å². The quantitative estimate of drug-likeness (QED) is 0.612. The Bertz CT molecular complexity index is 1120. The number of carbonyl (C=O) groups is 2. The fourth-order valence-electron chi connectivity index (χ4n) is 4.00. The second kappa shape index (κ2) is 7.58. The molecule has 0 radical (unpaired) electrons. The molecule has 1 atom stereocenters. The number of carboxylic acids is 1. The van der Waals surface area contributed by atoms with Gasteiger partial charge < -0.3 is 15.4 Å². The van der Waals surface area contributed by atoms with Crippen LogP contribution in [0.5, 0.6) is 0 Å². The Kier molecular flexibility index (Phi) is 4.96. The minimum atomic E-state index is -0.895. The molecule has 0 saturated heterocycles. The molecule has 0 spiro atoms. The molecule has 2 aromatic carbocycles. The summed E-state index contributed by atoms with van der Waals surface area (Å²) < 4.78 is 1.81. The maximum absolute atomic E-state index is 12.6. The van der Waals surface area contributed by atoms with Gasteiger partial charge in [0.15, 0.2) is 0 Å². The lowest BCUT2D eigenvalue weighted by Crippen LogP contribution is -2.20. The summed E-state index contributed by atoms with van der Waals surface area (Å²) in [6, 6.07) is 12.2. The number of aromatic amines is 1. The number of anilines is 1. The summed E-state index contributed by atoms with van der Waals surface area (Å²) in [7, 11) is 0. The number of benzene rings is 2. The first kappa shape index (κ1) is 19.0. The molecule has 1 heterocycles. The van der Waals surface area contributed by atoms with Crippen LogP contribution in [-0.2, 0) is 4.79 Å². The summed E-state index contributed by atoms with van der Waals surface area (Å²) in [6.07, 6.45) is 4.28. The lowest BCUT2D eigenvalue weighted by Gasteiger charge is -2.11. The highest BCUT2D eigenvalue weighted by molar-refractivity contribution is 6.06. The van der Waals surface area contributed by atoms with Crippen molar-refractivity contribution in [1.29, 1.82) is 0 Å². The molecule has 3 N–H and O–H groups in total. The Morgan fingerprint density at radius 3 is 2.48 bits per heavy atom. The molecule has 7 nitrogen and oxygen atoms in total. The van der Waals surface area contributed by atoms with Crippen LogP contribution in [0.2, 0.25) is 0 Å². The number of aromatic nitrogens is 2. The maximum atomic E-state index is 12.6. The van der Waals surface area contributed by atoms with Crippen LogP contribution in [0.3, 0.4) is 0 Å².